The number of nitrogens with two attached hydrogens (primary N) is 1. The van der Waals surface area contributed by atoms with Crippen molar-refractivity contribution in [1.29, 1.82) is 0 Å². The van der Waals surface area contributed by atoms with Crippen LogP contribution in [0.3, 0.4) is 0 Å². The SMILES string of the molecule is NNC(c1cncc(F)c1)C1Cc2ccccc2O1. The number of hydrogen-bond donors (Lipinski definition) is 2. The lowest BCUT2D eigenvalue weighted by Crippen LogP contribution is -2.39. The Morgan fingerprint density at radius 3 is 2.95 bits per heavy atom. The molecule has 0 aliphatic carbocycles. The highest BCUT2D eigenvalue weighted by Crippen LogP contribution is 2.33. The van der Waals surface area contributed by atoms with Gasteiger partial charge >= 0.3 is 0 Å². The van der Waals surface area contributed by atoms with Crippen molar-refractivity contribution in [1.82, 2.24) is 10.4 Å². The molecule has 2 heterocycles. The molecule has 0 saturated carbocycles. The third-order valence-corrected chi connectivity index (χ3v) is 3.31. The van der Waals surface area contributed by atoms with Gasteiger partial charge in [-0.2, -0.15) is 0 Å². The first-order chi connectivity index (χ1) is 9.28. The maximum absolute atomic E-state index is 13.2. The molecule has 19 heavy (non-hydrogen) atoms. The largest absolute Gasteiger partial charge is 0.488 e. The van der Waals surface area contributed by atoms with Gasteiger partial charge in [0.1, 0.15) is 17.7 Å². The van der Waals surface area contributed by atoms with Crippen LogP contribution in [0.25, 0.3) is 0 Å². The number of para-hydroxylation sites is 1. The Bertz CT molecular complexity index is 565. The van der Waals surface area contributed by atoms with Gasteiger partial charge in [-0.3, -0.25) is 10.8 Å². The van der Waals surface area contributed by atoms with E-state index in [2.05, 4.69) is 10.4 Å². The van der Waals surface area contributed by atoms with Crippen molar-refractivity contribution in [3.63, 3.8) is 0 Å². The normalized spacial score (nSPS) is 18.7. The van der Waals surface area contributed by atoms with Crippen molar-refractivity contribution in [3.05, 3.63) is 59.7 Å². The zero-order chi connectivity index (χ0) is 13.2. The van der Waals surface area contributed by atoms with Crippen molar-refractivity contribution in [3.8, 4) is 5.75 Å². The Morgan fingerprint density at radius 1 is 1.37 bits per heavy atom. The minimum absolute atomic E-state index is 0.161. The van der Waals surface area contributed by atoms with E-state index in [0.717, 1.165) is 17.7 Å². The maximum atomic E-state index is 13.2. The predicted molar refractivity (Wildman–Crippen MR) is 68.8 cm³/mol. The van der Waals surface area contributed by atoms with Crippen LogP contribution in [-0.4, -0.2) is 11.1 Å². The van der Waals surface area contributed by atoms with Gasteiger partial charge in [-0.15, -0.1) is 0 Å². The Balaban J connectivity index is 1.86. The van der Waals surface area contributed by atoms with Crippen molar-refractivity contribution >= 4 is 0 Å². The predicted octanol–water partition coefficient (Wildman–Crippen LogP) is 1.73. The first-order valence-corrected chi connectivity index (χ1v) is 6.09. The van der Waals surface area contributed by atoms with Crippen LogP contribution in [0.4, 0.5) is 4.39 Å². The summed E-state index contributed by atoms with van der Waals surface area (Å²) in [6, 6.07) is 8.97. The third-order valence-electron chi connectivity index (χ3n) is 3.31. The van der Waals surface area contributed by atoms with Crippen LogP contribution in [0.2, 0.25) is 0 Å². The number of hydrogen-bond acceptors (Lipinski definition) is 4. The fourth-order valence-electron chi connectivity index (χ4n) is 2.41. The minimum atomic E-state index is -0.381. The zero-order valence-electron chi connectivity index (χ0n) is 10.2. The van der Waals surface area contributed by atoms with Gasteiger partial charge in [-0.25, -0.2) is 9.82 Å². The van der Waals surface area contributed by atoms with E-state index < -0.39 is 0 Å². The van der Waals surface area contributed by atoms with E-state index in [4.69, 9.17) is 10.6 Å². The highest BCUT2D eigenvalue weighted by Gasteiger charge is 2.31. The molecule has 2 aromatic rings. The summed E-state index contributed by atoms with van der Waals surface area (Å²) in [6.45, 7) is 0. The van der Waals surface area contributed by atoms with Gasteiger partial charge in [0, 0.05) is 12.6 Å². The summed E-state index contributed by atoms with van der Waals surface area (Å²) in [5.74, 6) is 6.07. The summed E-state index contributed by atoms with van der Waals surface area (Å²) in [5.41, 5.74) is 4.51. The molecule has 98 valence electrons. The second kappa shape index (κ2) is 4.95. The summed E-state index contributed by atoms with van der Waals surface area (Å²) in [4.78, 5) is 3.85. The first-order valence-electron chi connectivity index (χ1n) is 6.09. The molecule has 0 bridgehead atoms. The average molecular weight is 259 g/mol. The third kappa shape index (κ3) is 2.30. The summed E-state index contributed by atoms with van der Waals surface area (Å²) in [5, 5.41) is 0. The Kier molecular flexibility index (Phi) is 3.15. The molecule has 3 rings (SSSR count). The molecule has 4 nitrogen and oxygen atoms in total. The quantitative estimate of drug-likeness (QED) is 0.651. The summed E-state index contributed by atoms with van der Waals surface area (Å²) in [6.07, 6.45) is 3.34. The number of nitrogens with zero attached hydrogens (tertiary/aromatic N) is 1. The number of rotatable bonds is 3. The van der Waals surface area contributed by atoms with Crippen LogP contribution in [0.5, 0.6) is 5.75 Å². The lowest BCUT2D eigenvalue weighted by Gasteiger charge is -2.22. The van der Waals surface area contributed by atoms with E-state index >= 15 is 0 Å². The lowest BCUT2D eigenvalue weighted by molar-refractivity contribution is 0.178. The molecule has 2 atom stereocenters. The van der Waals surface area contributed by atoms with Crippen LogP contribution in [0.15, 0.2) is 42.7 Å². The summed E-state index contributed by atoms with van der Waals surface area (Å²) >= 11 is 0. The molecular formula is C14H14FN3O. The number of nitrogens with one attached hydrogen (secondary N) is 1. The van der Waals surface area contributed by atoms with Gasteiger partial charge in [0.15, 0.2) is 0 Å². The van der Waals surface area contributed by atoms with E-state index in [1.165, 1.54) is 12.3 Å². The molecule has 0 amide bonds. The monoisotopic (exact) mass is 259 g/mol. The molecule has 1 aliphatic heterocycles. The van der Waals surface area contributed by atoms with Gasteiger partial charge < -0.3 is 4.74 Å². The van der Waals surface area contributed by atoms with Crippen LogP contribution in [-0.2, 0) is 6.42 Å². The number of halogens is 1. The number of benzene rings is 1. The zero-order valence-corrected chi connectivity index (χ0v) is 10.2. The molecule has 0 fully saturated rings. The molecule has 0 saturated heterocycles. The van der Waals surface area contributed by atoms with Gasteiger partial charge in [0.25, 0.3) is 0 Å². The van der Waals surface area contributed by atoms with Gasteiger partial charge in [0.05, 0.1) is 12.2 Å². The topological polar surface area (TPSA) is 60.2 Å². The molecule has 1 aromatic heterocycles. The first kappa shape index (κ1) is 12.1. The highest BCUT2D eigenvalue weighted by atomic mass is 19.1. The Hall–Kier alpha value is -1.98. The molecule has 0 spiro atoms. The van der Waals surface area contributed by atoms with Crippen LogP contribution in [0.1, 0.15) is 17.2 Å². The fourth-order valence-corrected chi connectivity index (χ4v) is 2.41. The van der Waals surface area contributed by atoms with Gasteiger partial charge in [-0.1, -0.05) is 18.2 Å². The summed E-state index contributed by atoms with van der Waals surface area (Å²) < 4.78 is 19.1. The second-order valence-corrected chi connectivity index (χ2v) is 4.55. The Labute approximate surface area is 110 Å². The average Bonchev–Trinajstić information content (AvgIpc) is 2.83. The molecule has 1 aromatic carbocycles. The molecule has 1 aliphatic rings. The number of pyridine rings is 1. The highest BCUT2D eigenvalue weighted by molar-refractivity contribution is 5.38. The molecule has 3 N–H and O–H groups in total. The Morgan fingerprint density at radius 2 is 2.21 bits per heavy atom. The molecule has 5 heteroatoms. The van der Waals surface area contributed by atoms with Crippen LogP contribution >= 0.6 is 0 Å². The van der Waals surface area contributed by atoms with Crippen molar-refractivity contribution < 1.29 is 9.13 Å². The smallest absolute Gasteiger partial charge is 0.141 e. The van der Waals surface area contributed by atoms with E-state index in [9.17, 15) is 4.39 Å². The molecule has 2 unspecified atom stereocenters. The molecule has 0 radical (unpaired) electrons. The van der Waals surface area contributed by atoms with E-state index in [1.54, 1.807) is 6.20 Å². The number of ether oxygens (including phenoxy) is 1. The second-order valence-electron chi connectivity index (χ2n) is 4.55. The van der Waals surface area contributed by atoms with Crippen molar-refractivity contribution in [2.45, 2.75) is 18.6 Å². The van der Waals surface area contributed by atoms with Gasteiger partial charge in [-0.05, 0) is 23.3 Å². The standard InChI is InChI=1S/C14H14FN3O/c15-11-5-10(7-17-8-11)14(18-16)13-6-9-3-1-2-4-12(9)19-13/h1-5,7-8,13-14,18H,6,16H2. The summed E-state index contributed by atoms with van der Waals surface area (Å²) in [7, 11) is 0. The van der Waals surface area contributed by atoms with E-state index in [-0.39, 0.29) is 18.0 Å². The van der Waals surface area contributed by atoms with Crippen LogP contribution in [0, 0.1) is 5.82 Å². The minimum Gasteiger partial charge on any atom is -0.488 e. The number of hydrazine groups is 1. The van der Waals surface area contributed by atoms with Crippen molar-refractivity contribution in [2.24, 2.45) is 5.84 Å². The number of fused-ring (bicyclic) bond motifs is 1. The lowest BCUT2D eigenvalue weighted by atomic mass is 9.99. The van der Waals surface area contributed by atoms with Crippen LogP contribution < -0.4 is 16.0 Å². The van der Waals surface area contributed by atoms with Crippen molar-refractivity contribution in [2.75, 3.05) is 0 Å². The van der Waals surface area contributed by atoms with E-state index in [1.807, 2.05) is 24.3 Å². The maximum Gasteiger partial charge on any atom is 0.141 e. The fraction of sp³-hybridized carbons (Fsp3) is 0.214. The molecular weight excluding hydrogens is 245 g/mol. The van der Waals surface area contributed by atoms with E-state index in [0.29, 0.717) is 5.56 Å². The van der Waals surface area contributed by atoms with Gasteiger partial charge in [0.2, 0.25) is 0 Å². The number of aromatic nitrogens is 1.